The summed E-state index contributed by atoms with van der Waals surface area (Å²) in [6.45, 7) is 2.45. The Morgan fingerprint density at radius 2 is 1.35 bits per heavy atom. The van der Waals surface area contributed by atoms with Crippen LogP contribution in [0.15, 0.2) is 48.5 Å². The molecule has 0 spiro atoms. The van der Waals surface area contributed by atoms with Crippen LogP contribution in [0.1, 0.15) is 23.7 Å². The first-order chi connectivity index (χ1) is 12.5. The number of methoxy groups -OCH3 is 1. The molecule has 0 unspecified atom stereocenters. The Bertz CT molecular complexity index is 770. The summed E-state index contributed by atoms with van der Waals surface area (Å²) in [5, 5.41) is 5.24. The molecule has 0 bridgehead atoms. The zero-order valence-corrected chi connectivity index (χ0v) is 14.6. The van der Waals surface area contributed by atoms with Gasteiger partial charge >= 0.3 is 5.97 Å². The molecule has 0 atom stereocenters. The second-order valence-corrected chi connectivity index (χ2v) is 5.30. The summed E-state index contributed by atoms with van der Waals surface area (Å²) in [7, 11) is 1.29. The number of nitrogens with one attached hydrogen (secondary N) is 2. The fourth-order valence-electron chi connectivity index (χ4n) is 2.16. The molecule has 0 aliphatic rings. The van der Waals surface area contributed by atoms with Crippen molar-refractivity contribution in [2.45, 2.75) is 13.3 Å². The molecule has 2 N–H and O–H groups in total. The Labute approximate surface area is 151 Å². The van der Waals surface area contributed by atoms with Gasteiger partial charge < -0.3 is 20.1 Å². The smallest absolute Gasteiger partial charge is 0.337 e. The van der Waals surface area contributed by atoms with E-state index in [0.29, 0.717) is 29.3 Å². The molecule has 2 aromatic rings. The number of benzene rings is 2. The quantitative estimate of drug-likeness (QED) is 0.588. The van der Waals surface area contributed by atoms with E-state index in [1.807, 2.05) is 6.92 Å². The highest BCUT2D eigenvalue weighted by atomic mass is 16.5. The molecule has 2 aromatic carbocycles. The predicted octanol–water partition coefficient (Wildman–Crippen LogP) is 2.84. The third kappa shape index (κ3) is 5.62. The van der Waals surface area contributed by atoms with Crippen molar-refractivity contribution in [3.8, 4) is 5.75 Å². The van der Waals surface area contributed by atoms with Gasteiger partial charge in [0, 0.05) is 11.4 Å². The zero-order valence-electron chi connectivity index (χ0n) is 14.6. The van der Waals surface area contributed by atoms with Gasteiger partial charge in [0.25, 0.3) is 0 Å². The fourth-order valence-corrected chi connectivity index (χ4v) is 2.16. The number of ether oxygens (including phenoxy) is 2. The topological polar surface area (TPSA) is 93.7 Å². The Balaban J connectivity index is 1.84. The summed E-state index contributed by atoms with van der Waals surface area (Å²) in [5.41, 5.74) is 1.43. The van der Waals surface area contributed by atoms with E-state index in [0.717, 1.165) is 0 Å². The molecule has 2 rings (SSSR count). The van der Waals surface area contributed by atoms with Gasteiger partial charge in [0.1, 0.15) is 12.2 Å². The van der Waals surface area contributed by atoms with E-state index in [1.54, 1.807) is 36.4 Å². The van der Waals surface area contributed by atoms with Gasteiger partial charge in [-0.2, -0.15) is 0 Å². The molecule has 0 heterocycles. The van der Waals surface area contributed by atoms with Crippen LogP contribution >= 0.6 is 0 Å². The summed E-state index contributed by atoms with van der Waals surface area (Å²) in [4.78, 5) is 35.2. The first-order valence-corrected chi connectivity index (χ1v) is 8.02. The minimum absolute atomic E-state index is 0.327. The third-order valence-electron chi connectivity index (χ3n) is 3.36. The summed E-state index contributed by atoms with van der Waals surface area (Å²) < 4.78 is 9.92. The number of carbonyl (C=O) groups excluding carboxylic acids is 3. The molecular formula is C19H20N2O5. The Hall–Kier alpha value is -3.35. The van der Waals surface area contributed by atoms with Crippen LogP contribution in [-0.2, 0) is 14.3 Å². The van der Waals surface area contributed by atoms with Crippen LogP contribution in [0.3, 0.4) is 0 Å². The maximum absolute atomic E-state index is 11.9. The van der Waals surface area contributed by atoms with Crippen molar-refractivity contribution in [2.24, 2.45) is 0 Å². The van der Waals surface area contributed by atoms with Gasteiger partial charge in [-0.05, 0) is 55.5 Å². The molecule has 0 radical (unpaired) electrons. The number of carbonyl (C=O) groups is 3. The molecule has 0 saturated heterocycles. The van der Waals surface area contributed by atoms with E-state index in [-0.39, 0.29) is 6.42 Å². The number of rotatable bonds is 7. The van der Waals surface area contributed by atoms with Gasteiger partial charge in [-0.3, -0.25) is 9.59 Å². The van der Waals surface area contributed by atoms with E-state index in [4.69, 9.17) is 4.74 Å². The summed E-state index contributed by atoms with van der Waals surface area (Å²) in [6, 6.07) is 13.1. The standard InChI is InChI=1S/C19H20N2O5/c1-3-26-16-10-8-15(9-11-16)21-18(23)12-17(22)20-14-6-4-13(5-7-14)19(24)25-2/h4-11H,3,12H2,1-2H3,(H,20,22)(H,21,23). The van der Waals surface area contributed by atoms with Crippen molar-refractivity contribution in [2.75, 3.05) is 24.4 Å². The van der Waals surface area contributed by atoms with Gasteiger partial charge in [0.2, 0.25) is 11.8 Å². The first-order valence-electron chi connectivity index (χ1n) is 8.02. The molecule has 2 amide bonds. The van der Waals surface area contributed by atoms with Crippen molar-refractivity contribution in [1.82, 2.24) is 0 Å². The van der Waals surface area contributed by atoms with Gasteiger partial charge in [0.05, 0.1) is 19.3 Å². The third-order valence-corrected chi connectivity index (χ3v) is 3.36. The Morgan fingerprint density at radius 1 is 0.846 bits per heavy atom. The van der Waals surface area contributed by atoms with Crippen molar-refractivity contribution >= 4 is 29.2 Å². The van der Waals surface area contributed by atoms with E-state index >= 15 is 0 Å². The summed E-state index contributed by atoms with van der Waals surface area (Å²) >= 11 is 0. The zero-order chi connectivity index (χ0) is 18.9. The molecule has 26 heavy (non-hydrogen) atoms. The van der Waals surface area contributed by atoms with Gasteiger partial charge in [-0.15, -0.1) is 0 Å². The lowest BCUT2D eigenvalue weighted by atomic mass is 10.2. The van der Waals surface area contributed by atoms with E-state index in [1.165, 1.54) is 19.2 Å². The molecule has 0 aromatic heterocycles. The lowest BCUT2D eigenvalue weighted by Gasteiger charge is -2.08. The van der Waals surface area contributed by atoms with E-state index in [9.17, 15) is 14.4 Å². The molecule has 7 nitrogen and oxygen atoms in total. The second-order valence-electron chi connectivity index (χ2n) is 5.30. The summed E-state index contributed by atoms with van der Waals surface area (Å²) in [6.07, 6.45) is -0.327. The second kappa shape index (κ2) is 9.22. The molecule has 0 aliphatic heterocycles. The van der Waals surface area contributed by atoms with Crippen LogP contribution in [0.4, 0.5) is 11.4 Å². The summed E-state index contributed by atoms with van der Waals surface area (Å²) in [5.74, 6) is -0.645. The minimum atomic E-state index is -0.461. The van der Waals surface area contributed by atoms with Crippen LogP contribution in [0.2, 0.25) is 0 Å². The van der Waals surface area contributed by atoms with Crippen LogP contribution in [0.5, 0.6) is 5.75 Å². The molecule has 7 heteroatoms. The lowest BCUT2D eigenvalue weighted by Crippen LogP contribution is -2.21. The molecule has 0 fully saturated rings. The first kappa shape index (κ1) is 19.0. The van der Waals surface area contributed by atoms with Gasteiger partial charge in [-0.1, -0.05) is 0 Å². The number of esters is 1. The predicted molar refractivity (Wildman–Crippen MR) is 97.3 cm³/mol. The minimum Gasteiger partial charge on any atom is -0.494 e. The monoisotopic (exact) mass is 356 g/mol. The number of amides is 2. The highest BCUT2D eigenvalue weighted by Gasteiger charge is 2.11. The Kier molecular flexibility index (Phi) is 6.73. The van der Waals surface area contributed by atoms with Crippen LogP contribution in [0, 0.1) is 0 Å². The van der Waals surface area contributed by atoms with E-state index < -0.39 is 17.8 Å². The largest absolute Gasteiger partial charge is 0.494 e. The normalized spacial score (nSPS) is 9.92. The van der Waals surface area contributed by atoms with Crippen molar-refractivity contribution < 1.29 is 23.9 Å². The van der Waals surface area contributed by atoms with Crippen LogP contribution in [0.25, 0.3) is 0 Å². The number of hydrogen-bond donors (Lipinski definition) is 2. The average molecular weight is 356 g/mol. The van der Waals surface area contributed by atoms with Crippen molar-refractivity contribution in [3.05, 3.63) is 54.1 Å². The van der Waals surface area contributed by atoms with Crippen molar-refractivity contribution in [3.63, 3.8) is 0 Å². The highest BCUT2D eigenvalue weighted by molar-refractivity contribution is 6.08. The highest BCUT2D eigenvalue weighted by Crippen LogP contribution is 2.16. The Morgan fingerprint density at radius 3 is 1.81 bits per heavy atom. The SMILES string of the molecule is CCOc1ccc(NC(=O)CC(=O)Nc2ccc(C(=O)OC)cc2)cc1. The van der Waals surface area contributed by atoms with Gasteiger partial charge in [-0.25, -0.2) is 4.79 Å². The van der Waals surface area contributed by atoms with Crippen LogP contribution < -0.4 is 15.4 Å². The van der Waals surface area contributed by atoms with E-state index in [2.05, 4.69) is 15.4 Å². The number of anilines is 2. The lowest BCUT2D eigenvalue weighted by molar-refractivity contribution is -0.123. The fraction of sp³-hybridized carbons (Fsp3) is 0.211. The van der Waals surface area contributed by atoms with Gasteiger partial charge in [0.15, 0.2) is 0 Å². The van der Waals surface area contributed by atoms with Crippen molar-refractivity contribution in [1.29, 1.82) is 0 Å². The maximum Gasteiger partial charge on any atom is 0.337 e. The molecule has 136 valence electrons. The maximum atomic E-state index is 11.9. The average Bonchev–Trinajstić information content (AvgIpc) is 2.63. The number of hydrogen-bond acceptors (Lipinski definition) is 5. The molecule has 0 aliphatic carbocycles. The van der Waals surface area contributed by atoms with Crippen LogP contribution in [-0.4, -0.2) is 31.5 Å². The molecular weight excluding hydrogens is 336 g/mol. The molecule has 0 saturated carbocycles.